The molecule has 1 aliphatic heterocycles. The number of rotatable bonds is 2. The van der Waals surface area contributed by atoms with Gasteiger partial charge in [-0.1, -0.05) is 12.8 Å². The first-order valence-corrected chi connectivity index (χ1v) is 7.53. The minimum atomic E-state index is -3.12. The van der Waals surface area contributed by atoms with E-state index in [2.05, 4.69) is 6.07 Å². The highest BCUT2D eigenvalue weighted by molar-refractivity contribution is 7.89. The third kappa shape index (κ3) is 2.23. The van der Waals surface area contributed by atoms with Crippen LogP contribution in [-0.4, -0.2) is 31.1 Å². The maximum absolute atomic E-state index is 12.3. The van der Waals surface area contributed by atoms with Crippen molar-refractivity contribution in [1.29, 1.82) is 5.26 Å². The summed E-state index contributed by atoms with van der Waals surface area (Å²) >= 11 is 0. The van der Waals surface area contributed by atoms with Crippen molar-refractivity contribution in [3.63, 3.8) is 0 Å². The van der Waals surface area contributed by atoms with Crippen LogP contribution in [0, 0.1) is 17.2 Å². The van der Waals surface area contributed by atoms with E-state index >= 15 is 0 Å². The summed E-state index contributed by atoms with van der Waals surface area (Å²) in [5, 5.41) is 8.69. The Balaban J connectivity index is 2.08. The molecular formula is C11H18N2O2S. The van der Waals surface area contributed by atoms with Crippen LogP contribution in [0.5, 0.6) is 0 Å². The van der Waals surface area contributed by atoms with Crippen molar-refractivity contribution in [2.45, 2.75) is 43.8 Å². The fraction of sp³-hybridized carbons (Fsp3) is 0.909. The number of nitrogens with zero attached hydrogens (tertiary/aromatic N) is 2. The van der Waals surface area contributed by atoms with Crippen LogP contribution in [0.25, 0.3) is 0 Å². The molecule has 90 valence electrons. The van der Waals surface area contributed by atoms with Crippen LogP contribution >= 0.6 is 0 Å². The lowest BCUT2D eigenvalue weighted by molar-refractivity contribution is 0.301. The van der Waals surface area contributed by atoms with Crippen molar-refractivity contribution < 1.29 is 8.42 Å². The summed E-state index contributed by atoms with van der Waals surface area (Å²) in [4.78, 5) is 0. The molecule has 1 aliphatic carbocycles. The largest absolute Gasteiger partial charge is 0.217 e. The molecule has 1 unspecified atom stereocenters. The van der Waals surface area contributed by atoms with E-state index in [0.29, 0.717) is 13.1 Å². The molecule has 1 atom stereocenters. The molecule has 2 fully saturated rings. The van der Waals surface area contributed by atoms with Gasteiger partial charge in [0.15, 0.2) is 0 Å². The smallest absolute Gasteiger partial charge is 0.212 e. The number of nitriles is 1. The Bertz CT molecular complexity index is 379. The van der Waals surface area contributed by atoms with Crippen molar-refractivity contribution in [3.8, 4) is 6.07 Å². The zero-order valence-electron chi connectivity index (χ0n) is 9.43. The molecule has 2 aliphatic rings. The van der Waals surface area contributed by atoms with E-state index in [4.69, 9.17) is 5.26 Å². The van der Waals surface area contributed by atoms with Gasteiger partial charge in [0.25, 0.3) is 0 Å². The van der Waals surface area contributed by atoms with Crippen molar-refractivity contribution in [1.82, 2.24) is 4.31 Å². The SMILES string of the molecule is N#CC1CCCN(S(=O)(=O)C2CCCC2)C1. The highest BCUT2D eigenvalue weighted by atomic mass is 32.2. The van der Waals surface area contributed by atoms with E-state index in [1.165, 1.54) is 0 Å². The van der Waals surface area contributed by atoms with Crippen LogP contribution in [0.15, 0.2) is 0 Å². The van der Waals surface area contributed by atoms with Gasteiger partial charge in [0.1, 0.15) is 0 Å². The predicted molar refractivity (Wildman–Crippen MR) is 61.1 cm³/mol. The van der Waals surface area contributed by atoms with Crippen molar-refractivity contribution in [2.75, 3.05) is 13.1 Å². The summed E-state index contributed by atoms with van der Waals surface area (Å²) in [6, 6.07) is 2.19. The summed E-state index contributed by atoms with van der Waals surface area (Å²) in [5.74, 6) is -0.107. The lowest BCUT2D eigenvalue weighted by Gasteiger charge is -2.30. The molecule has 0 N–H and O–H groups in total. The lowest BCUT2D eigenvalue weighted by atomic mass is 10.0. The van der Waals surface area contributed by atoms with Gasteiger partial charge in [-0.3, -0.25) is 0 Å². The quantitative estimate of drug-likeness (QED) is 0.737. The molecular weight excluding hydrogens is 224 g/mol. The molecule has 0 aromatic rings. The average Bonchev–Trinajstić information content (AvgIpc) is 2.83. The Hall–Kier alpha value is -0.600. The van der Waals surface area contributed by atoms with Gasteiger partial charge in [-0.15, -0.1) is 0 Å². The van der Waals surface area contributed by atoms with Crippen LogP contribution in [0.1, 0.15) is 38.5 Å². The first-order valence-electron chi connectivity index (χ1n) is 6.03. The number of piperidine rings is 1. The molecule has 0 aromatic carbocycles. The van der Waals surface area contributed by atoms with Gasteiger partial charge in [-0.25, -0.2) is 12.7 Å². The topological polar surface area (TPSA) is 61.2 Å². The first-order chi connectivity index (χ1) is 7.64. The summed E-state index contributed by atoms with van der Waals surface area (Å²) < 4.78 is 26.1. The third-order valence-corrected chi connectivity index (χ3v) is 6.02. The average molecular weight is 242 g/mol. The Morgan fingerprint density at radius 3 is 2.44 bits per heavy atom. The van der Waals surface area contributed by atoms with Crippen LogP contribution in [-0.2, 0) is 10.0 Å². The Morgan fingerprint density at radius 1 is 1.12 bits per heavy atom. The van der Waals surface area contributed by atoms with E-state index in [1.54, 1.807) is 4.31 Å². The second-order valence-electron chi connectivity index (χ2n) is 4.78. The molecule has 0 bridgehead atoms. The van der Waals surface area contributed by atoms with Crippen molar-refractivity contribution in [3.05, 3.63) is 0 Å². The zero-order chi connectivity index (χ0) is 11.6. The summed E-state index contributed by atoms with van der Waals surface area (Å²) in [5.41, 5.74) is 0. The van der Waals surface area contributed by atoms with Gasteiger partial charge >= 0.3 is 0 Å². The second-order valence-corrected chi connectivity index (χ2v) is 6.99. The summed E-state index contributed by atoms with van der Waals surface area (Å²) in [7, 11) is -3.12. The van der Waals surface area contributed by atoms with Gasteiger partial charge in [-0.05, 0) is 25.7 Å². The van der Waals surface area contributed by atoms with E-state index in [-0.39, 0.29) is 11.2 Å². The first kappa shape index (κ1) is 11.9. The monoisotopic (exact) mass is 242 g/mol. The van der Waals surface area contributed by atoms with E-state index in [9.17, 15) is 8.42 Å². The molecule has 5 heteroatoms. The van der Waals surface area contributed by atoms with Gasteiger partial charge in [0.05, 0.1) is 17.2 Å². The van der Waals surface area contributed by atoms with Gasteiger partial charge in [0, 0.05) is 13.1 Å². The van der Waals surface area contributed by atoms with Crippen LogP contribution in [0.4, 0.5) is 0 Å². The van der Waals surface area contributed by atoms with E-state index in [0.717, 1.165) is 38.5 Å². The molecule has 1 saturated carbocycles. The Labute approximate surface area is 97.3 Å². The molecule has 0 aromatic heterocycles. The second kappa shape index (κ2) is 4.72. The highest BCUT2D eigenvalue weighted by Gasteiger charge is 2.36. The minimum Gasteiger partial charge on any atom is -0.212 e. The predicted octanol–water partition coefficient (Wildman–Crippen LogP) is 1.49. The molecule has 0 amide bonds. The lowest BCUT2D eigenvalue weighted by Crippen LogP contribution is -2.43. The molecule has 0 radical (unpaired) electrons. The van der Waals surface area contributed by atoms with E-state index in [1.807, 2.05) is 0 Å². The molecule has 0 spiro atoms. The van der Waals surface area contributed by atoms with Crippen molar-refractivity contribution in [2.24, 2.45) is 5.92 Å². The Kier molecular flexibility index (Phi) is 3.50. The zero-order valence-corrected chi connectivity index (χ0v) is 10.2. The highest BCUT2D eigenvalue weighted by Crippen LogP contribution is 2.29. The van der Waals surface area contributed by atoms with Crippen LogP contribution in [0.2, 0.25) is 0 Å². The fourth-order valence-corrected chi connectivity index (χ4v) is 4.80. The summed E-state index contributed by atoms with van der Waals surface area (Å²) in [6.07, 6.45) is 5.32. The number of sulfonamides is 1. The maximum Gasteiger partial charge on any atom is 0.217 e. The van der Waals surface area contributed by atoms with Gasteiger partial charge in [0.2, 0.25) is 10.0 Å². The van der Waals surface area contributed by atoms with E-state index < -0.39 is 10.0 Å². The summed E-state index contributed by atoms with van der Waals surface area (Å²) in [6.45, 7) is 1.02. The number of hydrogen-bond donors (Lipinski definition) is 0. The maximum atomic E-state index is 12.3. The molecule has 16 heavy (non-hydrogen) atoms. The fourth-order valence-electron chi connectivity index (χ4n) is 2.68. The normalized spacial score (nSPS) is 29.1. The molecule has 2 rings (SSSR count). The third-order valence-electron chi connectivity index (χ3n) is 3.65. The molecule has 1 saturated heterocycles. The Morgan fingerprint density at radius 2 is 1.81 bits per heavy atom. The van der Waals surface area contributed by atoms with Crippen LogP contribution < -0.4 is 0 Å². The standard InChI is InChI=1S/C11H18N2O2S/c12-8-10-4-3-7-13(9-10)16(14,15)11-5-1-2-6-11/h10-11H,1-7,9H2. The molecule has 1 heterocycles. The van der Waals surface area contributed by atoms with Crippen molar-refractivity contribution >= 4 is 10.0 Å². The number of hydrogen-bond acceptors (Lipinski definition) is 3. The molecule has 4 nitrogen and oxygen atoms in total. The minimum absolute atomic E-state index is 0.107. The van der Waals surface area contributed by atoms with Gasteiger partial charge in [-0.2, -0.15) is 5.26 Å². The van der Waals surface area contributed by atoms with Crippen LogP contribution in [0.3, 0.4) is 0 Å². The van der Waals surface area contributed by atoms with Gasteiger partial charge < -0.3 is 0 Å².